The van der Waals surface area contributed by atoms with Crippen molar-refractivity contribution in [1.82, 2.24) is 5.16 Å². The second-order valence-corrected chi connectivity index (χ2v) is 3.53. The highest BCUT2D eigenvalue weighted by Crippen LogP contribution is 2.14. The zero-order chi connectivity index (χ0) is 8.97. The van der Waals surface area contributed by atoms with Crippen molar-refractivity contribution in [3.63, 3.8) is 0 Å². The summed E-state index contributed by atoms with van der Waals surface area (Å²) in [6.45, 7) is 4.85. The summed E-state index contributed by atoms with van der Waals surface area (Å²) in [5, 5.41) is 4.40. The van der Waals surface area contributed by atoms with Crippen molar-refractivity contribution in [3.8, 4) is 5.88 Å². The van der Waals surface area contributed by atoms with Crippen LogP contribution in [0.15, 0.2) is 10.6 Å². The van der Waals surface area contributed by atoms with Gasteiger partial charge in [-0.2, -0.15) is 0 Å². The molecule has 0 saturated carbocycles. The number of nitrogens with zero attached hydrogens (tertiary/aromatic N) is 1. The molecule has 0 fully saturated rings. The SMILES string of the molecule is CC(C)COc1cc(CBr)on1. The lowest BCUT2D eigenvalue weighted by atomic mass is 10.2. The van der Waals surface area contributed by atoms with E-state index in [4.69, 9.17) is 9.26 Å². The van der Waals surface area contributed by atoms with E-state index in [0.29, 0.717) is 23.7 Å². The number of ether oxygens (including phenoxy) is 1. The maximum atomic E-state index is 5.32. The average molecular weight is 234 g/mol. The van der Waals surface area contributed by atoms with E-state index in [0.717, 1.165) is 5.76 Å². The Bertz CT molecular complexity index is 235. The largest absolute Gasteiger partial charge is 0.475 e. The highest BCUT2D eigenvalue weighted by Gasteiger charge is 2.03. The van der Waals surface area contributed by atoms with E-state index in [1.165, 1.54) is 0 Å². The summed E-state index contributed by atoms with van der Waals surface area (Å²) < 4.78 is 10.2. The second-order valence-electron chi connectivity index (χ2n) is 2.97. The van der Waals surface area contributed by atoms with Gasteiger partial charge in [-0.15, -0.1) is 0 Å². The van der Waals surface area contributed by atoms with E-state index < -0.39 is 0 Å². The minimum atomic E-state index is 0.508. The van der Waals surface area contributed by atoms with Crippen LogP contribution in [0.3, 0.4) is 0 Å². The van der Waals surface area contributed by atoms with Crippen molar-refractivity contribution in [2.24, 2.45) is 5.92 Å². The summed E-state index contributed by atoms with van der Waals surface area (Å²) in [5.41, 5.74) is 0. The molecule has 0 radical (unpaired) electrons. The van der Waals surface area contributed by atoms with Gasteiger partial charge in [0.2, 0.25) is 0 Å². The predicted octanol–water partition coefficient (Wildman–Crippen LogP) is 2.60. The molecule has 3 nitrogen and oxygen atoms in total. The van der Waals surface area contributed by atoms with Crippen molar-refractivity contribution in [2.75, 3.05) is 6.61 Å². The summed E-state index contributed by atoms with van der Waals surface area (Å²) in [6.07, 6.45) is 0. The van der Waals surface area contributed by atoms with Crippen LogP contribution >= 0.6 is 15.9 Å². The van der Waals surface area contributed by atoms with E-state index in [1.54, 1.807) is 6.07 Å². The van der Waals surface area contributed by atoms with Crippen molar-refractivity contribution in [3.05, 3.63) is 11.8 Å². The van der Waals surface area contributed by atoms with Crippen LogP contribution in [0.25, 0.3) is 0 Å². The van der Waals surface area contributed by atoms with Crippen LogP contribution in [-0.2, 0) is 5.33 Å². The van der Waals surface area contributed by atoms with Crippen LogP contribution in [0.2, 0.25) is 0 Å². The number of alkyl halides is 1. The number of hydrogen-bond acceptors (Lipinski definition) is 3. The third-order valence-corrected chi connectivity index (χ3v) is 1.79. The topological polar surface area (TPSA) is 35.3 Å². The molecule has 0 aliphatic rings. The molecule has 0 saturated heterocycles. The van der Waals surface area contributed by atoms with Crippen molar-refractivity contribution in [1.29, 1.82) is 0 Å². The predicted molar refractivity (Wildman–Crippen MR) is 49.5 cm³/mol. The second kappa shape index (κ2) is 4.50. The first-order chi connectivity index (χ1) is 5.72. The Kier molecular flexibility index (Phi) is 3.59. The maximum Gasteiger partial charge on any atom is 0.254 e. The van der Waals surface area contributed by atoms with E-state index >= 15 is 0 Å². The first-order valence-electron chi connectivity index (χ1n) is 3.86. The molecule has 0 aliphatic carbocycles. The van der Waals surface area contributed by atoms with Crippen LogP contribution < -0.4 is 4.74 Å². The van der Waals surface area contributed by atoms with Gasteiger partial charge in [0.15, 0.2) is 5.76 Å². The summed E-state index contributed by atoms with van der Waals surface area (Å²) in [7, 11) is 0. The lowest BCUT2D eigenvalue weighted by Crippen LogP contribution is -2.04. The molecule has 68 valence electrons. The lowest BCUT2D eigenvalue weighted by molar-refractivity contribution is 0.243. The van der Waals surface area contributed by atoms with Crippen LogP contribution in [0, 0.1) is 5.92 Å². The monoisotopic (exact) mass is 233 g/mol. The van der Waals surface area contributed by atoms with Gasteiger partial charge >= 0.3 is 0 Å². The molecule has 0 aliphatic heterocycles. The van der Waals surface area contributed by atoms with Gasteiger partial charge in [-0.3, -0.25) is 0 Å². The van der Waals surface area contributed by atoms with E-state index in [2.05, 4.69) is 34.9 Å². The van der Waals surface area contributed by atoms with Gasteiger partial charge in [0.25, 0.3) is 5.88 Å². The molecule has 0 N–H and O–H groups in total. The number of hydrogen-bond donors (Lipinski definition) is 0. The fourth-order valence-corrected chi connectivity index (χ4v) is 0.941. The molecule has 0 amide bonds. The van der Waals surface area contributed by atoms with Gasteiger partial charge in [-0.25, -0.2) is 0 Å². The maximum absolute atomic E-state index is 5.32. The number of halogens is 1. The molecule has 1 aromatic rings. The highest BCUT2D eigenvalue weighted by atomic mass is 79.9. The van der Waals surface area contributed by atoms with Gasteiger partial charge in [0.1, 0.15) is 0 Å². The van der Waals surface area contributed by atoms with Gasteiger partial charge in [-0.05, 0) is 11.1 Å². The molecule has 0 atom stereocenters. The first kappa shape index (κ1) is 9.58. The van der Waals surface area contributed by atoms with Crippen molar-refractivity contribution < 1.29 is 9.26 Å². The van der Waals surface area contributed by atoms with Gasteiger partial charge in [0, 0.05) is 6.07 Å². The summed E-state index contributed by atoms with van der Waals surface area (Å²) >= 11 is 3.26. The molecule has 0 bridgehead atoms. The molecular weight excluding hydrogens is 222 g/mol. The minimum Gasteiger partial charge on any atom is -0.475 e. The Morgan fingerprint density at radius 3 is 2.92 bits per heavy atom. The Balaban J connectivity index is 2.41. The summed E-state index contributed by atoms with van der Waals surface area (Å²) in [4.78, 5) is 0. The molecule has 1 heterocycles. The lowest BCUT2D eigenvalue weighted by Gasteiger charge is -2.03. The Morgan fingerprint density at radius 1 is 1.67 bits per heavy atom. The zero-order valence-electron chi connectivity index (χ0n) is 7.21. The molecular formula is C8H12BrNO2. The normalized spacial score (nSPS) is 10.7. The molecule has 0 spiro atoms. The standard InChI is InChI=1S/C8H12BrNO2/c1-6(2)5-11-8-3-7(4-9)12-10-8/h3,6H,4-5H2,1-2H3. The average Bonchev–Trinajstić information content (AvgIpc) is 2.48. The van der Waals surface area contributed by atoms with E-state index in [-0.39, 0.29) is 0 Å². The Morgan fingerprint density at radius 2 is 2.42 bits per heavy atom. The van der Waals surface area contributed by atoms with Crippen molar-refractivity contribution in [2.45, 2.75) is 19.2 Å². The smallest absolute Gasteiger partial charge is 0.254 e. The molecule has 0 aromatic carbocycles. The van der Waals surface area contributed by atoms with Gasteiger partial charge in [-0.1, -0.05) is 29.8 Å². The Labute approximate surface area is 80.2 Å². The van der Waals surface area contributed by atoms with Gasteiger partial charge in [0.05, 0.1) is 11.9 Å². The molecule has 12 heavy (non-hydrogen) atoms. The third kappa shape index (κ3) is 2.85. The zero-order valence-corrected chi connectivity index (χ0v) is 8.80. The molecule has 1 aromatic heterocycles. The Hall–Kier alpha value is -0.510. The fourth-order valence-electron chi connectivity index (χ4n) is 0.677. The van der Waals surface area contributed by atoms with E-state index in [9.17, 15) is 0 Å². The quantitative estimate of drug-likeness (QED) is 0.751. The fraction of sp³-hybridized carbons (Fsp3) is 0.625. The number of rotatable bonds is 4. The van der Waals surface area contributed by atoms with Gasteiger partial charge < -0.3 is 9.26 Å². The molecule has 1 rings (SSSR count). The van der Waals surface area contributed by atoms with Crippen LogP contribution in [0.1, 0.15) is 19.6 Å². The van der Waals surface area contributed by atoms with Crippen LogP contribution in [-0.4, -0.2) is 11.8 Å². The highest BCUT2D eigenvalue weighted by molar-refractivity contribution is 9.08. The summed E-state index contributed by atoms with van der Waals surface area (Å²) in [5.74, 6) is 1.86. The summed E-state index contributed by atoms with van der Waals surface area (Å²) in [6, 6.07) is 1.79. The third-order valence-electron chi connectivity index (χ3n) is 1.23. The van der Waals surface area contributed by atoms with Crippen LogP contribution in [0.5, 0.6) is 5.88 Å². The molecule has 0 unspecified atom stereocenters. The minimum absolute atomic E-state index is 0.508. The first-order valence-corrected chi connectivity index (χ1v) is 4.99. The molecule has 4 heteroatoms. The van der Waals surface area contributed by atoms with E-state index in [1.807, 2.05) is 0 Å². The number of aromatic nitrogens is 1. The van der Waals surface area contributed by atoms with Crippen LogP contribution in [0.4, 0.5) is 0 Å². The van der Waals surface area contributed by atoms with Crippen molar-refractivity contribution >= 4 is 15.9 Å².